The van der Waals surface area contributed by atoms with Gasteiger partial charge >= 0.3 is 0 Å². The molecule has 0 saturated carbocycles. The van der Waals surface area contributed by atoms with Gasteiger partial charge in [-0.05, 0) is 85.6 Å². The summed E-state index contributed by atoms with van der Waals surface area (Å²) in [6.45, 7) is 12.2. The van der Waals surface area contributed by atoms with Crippen molar-refractivity contribution in [1.29, 1.82) is 0 Å². The number of aryl methyl sites for hydroxylation is 1. The summed E-state index contributed by atoms with van der Waals surface area (Å²) in [5, 5.41) is 1.48. The van der Waals surface area contributed by atoms with Gasteiger partial charge in [-0.2, -0.15) is 0 Å². The van der Waals surface area contributed by atoms with Crippen molar-refractivity contribution in [3.8, 4) is 22.6 Å². The van der Waals surface area contributed by atoms with Crippen LogP contribution < -0.4 is 0 Å². The molecule has 251 valence electrons. The normalized spacial score (nSPS) is 15.6. The molecule has 0 amide bonds. The molecule has 1 aliphatic heterocycles. The zero-order chi connectivity index (χ0) is 38.1. The van der Waals surface area contributed by atoms with Crippen LogP contribution in [0.3, 0.4) is 0 Å². The fourth-order valence-electron chi connectivity index (χ4n) is 6.26. The van der Waals surface area contributed by atoms with Gasteiger partial charge in [0.2, 0.25) is 5.71 Å². The van der Waals surface area contributed by atoms with Crippen molar-refractivity contribution in [3.05, 3.63) is 120 Å². The summed E-state index contributed by atoms with van der Waals surface area (Å²) < 4.78 is 48.1. The van der Waals surface area contributed by atoms with Crippen molar-refractivity contribution < 1.29 is 31.4 Å². The number of nitrogens with zero attached hydrogens (tertiary/aromatic N) is 4. The number of imidazole rings is 1. The SMILES string of the molecule is CC(C)c1cc2c3c(c1)nc(-c1[c-]cccc1)n3C(C)(C)C=C2.[2H]C([2H])([2H])c1ccc2c(n1)oc1c(-c3cc(C([2H])([2H])C(C)(C)C)ccn3)[c-]ccc12.[Ir]. The monoisotopic (exact) mass is 828 g/mol. The molecule has 5 heterocycles. The van der Waals surface area contributed by atoms with Crippen LogP contribution in [0.4, 0.5) is 0 Å². The molecule has 8 rings (SSSR count). The Labute approximate surface area is 309 Å². The largest absolute Gasteiger partial charge is 0.486 e. The minimum atomic E-state index is -2.32. The van der Waals surface area contributed by atoms with Gasteiger partial charge in [-0.1, -0.05) is 69.4 Å². The van der Waals surface area contributed by atoms with Gasteiger partial charge in [0.25, 0.3) is 0 Å². The Bertz CT molecular complexity index is 2530. The zero-order valence-corrected chi connectivity index (χ0v) is 31.2. The van der Waals surface area contributed by atoms with E-state index < -0.39 is 18.6 Å². The molecule has 0 saturated heterocycles. The molecular weight excluding hydrogens is 781 g/mol. The van der Waals surface area contributed by atoms with Gasteiger partial charge in [0.05, 0.1) is 28.0 Å². The minimum absolute atomic E-state index is 0. The number of hydrogen-bond acceptors (Lipinski definition) is 4. The first-order chi connectivity index (χ1) is 24.9. The molecule has 3 aromatic carbocycles. The Hall–Kier alpha value is -4.38. The standard InChI is InChI=1S/C22H21N2O.C21H21N2.Ir/c1-14-8-9-17-16-6-5-7-18(20(16)25-21(17)24-14)19-12-15(10-11-23-19)13-22(2,3)4;1-14(2)17-12-16-10-11-21(3,4)23-19(16)18(13-17)22-20(23)15-8-6-5-7-9-15;/h5-6,8-12H,13H2,1-4H3;5-8,10-14H,1-4H3;/q2*-1;/i1D3,13D2;;. The third-order valence-corrected chi connectivity index (χ3v) is 8.50. The molecular formula is C43H42IrN4O-2. The van der Waals surface area contributed by atoms with Gasteiger partial charge < -0.3 is 14.0 Å². The Kier molecular flexibility index (Phi) is 7.64. The van der Waals surface area contributed by atoms with Crippen LogP contribution in [0.2, 0.25) is 0 Å². The van der Waals surface area contributed by atoms with Crippen LogP contribution in [0, 0.1) is 24.4 Å². The van der Waals surface area contributed by atoms with Gasteiger partial charge in [0.1, 0.15) is 0 Å². The second kappa shape index (κ2) is 13.2. The summed E-state index contributed by atoms with van der Waals surface area (Å²) in [5.74, 6) is 1.49. The van der Waals surface area contributed by atoms with Crippen LogP contribution in [-0.4, -0.2) is 19.5 Å². The topological polar surface area (TPSA) is 56.7 Å². The molecule has 49 heavy (non-hydrogen) atoms. The maximum absolute atomic E-state index is 8.55. The van der Waals surface area contributed by atoms with Gasteiger partial charge in [-0.3, -0.25) is 4.98 Å². The number of furan rings is 1. The van der Waals surface area contributed by atoms with Crippen molar-refractivity contribution in [1.82, 2.24) is 19.5 Å². The summed E-state index contributed by atoms with van der Waals surface area (Å²) in [5.41, 5.74) is 7.58. The molecule has 0 unspecified atom stereocenters. The Morgan fingerprint density at radius 2 is 1.82 bits per heavy atom. The number of aromatic nitrogens is 4. The van der Waals surface area contributed by atoms with E-state index in [9.17, 15) is 0 Å². The Morgan fingerprint density at radius 3 is 2.55 bits per heavy atom. The first-order valence-corrected chi connectivity index (χ1v) is 16.3. The van der Waals surface area contributed by atoms with E-state index in [1.165, 1.54) is 22.7 Å². The van der Waals surface area contributed by atoms with Crippen molar-refractivity contribution in [2.24, 2.45) is 5.41 Å². The van der Waals surface area contributed by atoms with E-state index in [0.29, 0.717) is 33.7 Å². The number of allylic oxidation sites excluding steroid dienone is 1. The van der Waals surface area contributed by atoms with E-state index in [2.05, 4.69) is 84.7 Å². The fourth-order valence-corrected chi connectivity index (χ4v) is 6.26. The zero-order valence-electron chi connectivity index (χ0n) is 33.8. The minimum Gasteiger partial charge on any atom is -0.486 e. The van der Waals surface area contributed by atoms with E-state index in [-0.39, 0.29) is 37.1 Å². The predicted octanol–water partition coefficient (Wildman–Crippen LogP) is 11.1. The smallest absolute Gasteiger partial charge is 0.216 e. The summed E-state index contributed by atoms with van der Waals surface area (Å²) in [7, 11) is 0. The number of rotatable bonds is 4. The van der Waals surface area contributed by atoms with Gasteiger partial charge in [-0.15, -0.1) is 54.1 Å². The summed E-state index contributed by atoms with van der Waals surface area (Å²) >= 11 is 0. The second-order valence-electron chi connectivity index (χ2n) is 14.2. The van der Waals surface area contributed by atoms with Gasteiger partial charge in [0, 0.05) is 44.2 Å². The number of pyridine rings is 2. The molecule has 7 aromatic rings. The number of hydrogen-bond donors (Lipinski definition) is 0. The molecule has 0 spiro atoms. The third-order valence-electron chi connectivity index (χ3n) is 8.50. The van der Waals surface area contributed by atoms with Crippen molar-refractivity contribution in [2.45, 2.75) is 73.1 Å². The van der Waals surface area contributed by atoms with Crippen molar-refractivity contribution >= 4 is 39.2 Å². The molecule has 1 aliphatic rings. The van der Waals surface area contributed by atoms with E-state index in [1.807, 2.05) is 45.0 Å². The first-order valence-electron chi connectivity index (χ1n) is 18.8. The molecule has 0 bridgehead atoms. The first kappa shape index (κ1) is 28.5. The number of fused-ring (bicyclic) bond motifs is 3. The number of benzene rings is 3. The molecule has 6 heteroatoms. The molecule has 0 fully saturated rings. The van der Waals surface area contributed by atoms with Gasteiger partial charge in [-0.25, -0.2) is 4.98 Å². The Morgan fingerprint density at radius 1 is 0.980 bits per heavy atom. The average Bonchev–Trinajstić information content (AvgIpc) is 3.70. The van der Waals surface area contributed by atoms with Gasteiger partial charge in [0.15, 0.2) is 0 Å². The summed E-state index contributed by atoms with van der Waals surface area (Å²) in [6.07, 6.45) is 4.53. The van der Waals surface area contributed by atoms with Crippen LogP contribution in [0.15, 0.2) is 89.5 Å². The third kappa shape index (κ3) is 6.77. The van der Waals surface area contributed by atoms with Crippen molar-refractivity contribution in [3.63, 3.8) is 0 Å². The molecule has 1 radical (unpaired) electrons. The summed E-state index contributed by atoms with van der Waals surface area (Å²) in [6, 6.07) is 29.2. The second-order valence-corrected chi connectivity index (χ2v) is 14.2. The quantitative estimate of drug-likeness (QED) is 0.166. The molecule has 0 N–H and O–H groups in total. The van der Waals surface area contributed by atoms with Crippen LogP contribution >= 0.6 is 0 Å². The predicted molar refractivity (Wildman–Crippen MR) is 198 cm³/mol. The van der Waals surface area contributed by atoms with E-state index >= 15 is 0 Å². The van der Waals surface area contributed by atoms with E-state index in [1.54, 1.807) is 30.5 Å². The molecule has 5 nitrogen and oxygen atoms in total. The van der Waals surface area contributed by atoms with Crippen LogP contribution in [0.25, 0.3) is 61.8 Å². The summed E-state index contributed by atoms with van der Waals surface area (Å²) in [4.78, 5) is 13.6. The maximum atomic E-state index is 8.55. The molecule has 4 aromatic heterocycles. The van der Waals surface area contributed by atoms with Crippen molar-refractivity contribution in [2.75, 3.05) is 0 Å². The maximum Gasteiger partial charge on any atom is 0.216 e. The average molecular weight is 828 g/mol. The van der Waals surface area contributed by atoms with E-state index in [4.69, 9.17) is 16.3 Å². The fraction of sp³-hybridized carbons (Fsp3) is 0.279. The Balaban J connectivity index is 0.000000187. The van der Waals surface area contributed by atoms with E-state index in [0.717, 1.165) is 22.3 Å². The molecule has 0 aliphatic carbocycles. The molecule has 0 atom stereocenters. The van der Waals surface area contributed by atoms with Crippen LogP contribution in [0.1, 0.15) is 83.6 Å². The van der Waals surface area contributed by atoms with Crippen LogP contribution in [-0.2, 0) is 32.0 Å². The van der Waals surface area contributed by atoms with Crippen LogP contribution in [0.5, 0.6) is 0 Å².